The van der Waals surface area contributed by atoms with Crippen LogP contribution in [0, 0.1) is 5.82 Å². The molecule has 0 atom stereocenters. The highest BCUT2D eigenvalue weighted by atomic mass is 19.1. The van der Waals surface area contributed by atoms with Gasteiger partial charge < -0.3 is 14.9 Å². The minimum absolute atomic E-state index is 0.0491. The highest BCUT2D eigenvalue weighted by molar-refractivity contribution is 5.95. The van der Waals surface area contributed by atoms with E-state index in [2.05, 4.69) is 5.10 Å². The largest absolute Gasteiger partial charge is 0.504 e. The van der Waals surface area contributed by atoms with Gasteiger partial charge in [-0.1, -0.05) is 6.07 Å². The van der Waals surface area contributed by atoms with Crippen LogP contribution in [-0.2, 0) is 0 Å². The Morgan fingerprint density at radius 2 is 2.04 bits per heavy atom. The van der Waals surface area contributed by atoms with Crippen molar-refractivity contribution in [2.24, 2.45) is 0 Å². The number of carboxylic acids is 1. The lowest BCUT2D eigenvalue weighted by atomic mass is 10.1. The van der Waals surface area contributed by atoms with Crippen molar-refractivity contribution < 1.29 is 24.1 Å². The number of benzene rings is 2. The van der Waals surface area contributed by atoms with E-state index in [-0.39, 0.29) is 22.8 Å². The molecule has 6 nitrogen and oxygen atoms in total. The molecule has 0 radical (unpaired) electrons. The zero-order valence-corrected chi connectivity index (χ0v) is 12.6. The fourth-order valence-electron chi connectivity index (χ4n) is 2.32. The first kappa shape index (κ1) is 15.5. The summed E-state index contributed by atoms with van der Waals surface area (Å²) >= 11 is 0. The van der Waals surface area contributed by atoms with E-state index in [4.69, 9.17) is 4.74 Å². The molecule has 7 heteroatoms. The number of phenolic OH excluding ortho intramolecular Hbond substituents is 1. The van der Waals surface area contributed by atoms with Crippen molar-refractivity contribution in [3.8, 4) is 28.4 Å². The van der Waals surface area contributed by atoms with Gasteiger partial charge in [-0.05, 0) is 36.4 Å². The second kappa shape index (κ2) is 6.04. The maximum atomic E-state index is 13.4. The highest BCUT2D eigenvalue weighted by Crippen LogP contribution is 2.32. The van der Waals surface area contributed by atoms with Gasteiger partial charge in [-0.25, -0.2) is 13.9 Å². The molecule has 2 aromatic carbocycles. The Morgan fingerprint density at radius 3 is 2.71 bits per heavy atom. The smallest absolute Gasteiger partial charge is 0.339 e. The Balaban J connectivity index is 2.15. The van der Waals surface area contributed by atoms with Crippen molar-refractivity contribution in [1.29, 1.82) is 0 Å². The topological polar surface area (TPSA) is 84.6 Å². The predicted octanol–water partition coefficient (Wildman–Crippen LogP) is 3.09. The maximum absolute atomic E-state index is 13.4. The summed E-state index contributed by atoms with van der Waals surface area (Å²) in [5.74, 6) is -1.49. The van der Waals surface area contributed by atoms with E-state index in [1.54, 1.807) is 6.07 Å². The Labute approximate surface area is 136 Å². The summed E-state index contributed by atoms with van der Waals surface area (Å²) in [6.07, 6.45) is 1.31. The molecule has 0 spiro atoms. The first-order valence-corrected chi connectivity index (χ1v) is 6.96. The summed E-state index contributed by atoms with van der Waals surface area (Å²) in [6.45, 7) is 0. The van der Waals surface area contributed by atoms with Crippen LogP contribution in [0.1, 0.15) is 10.4 Å². The molecule has 0 amide bonds. The Morgan fingerprint density at radius 1 is 1.25 bits per heavy atom. The number of aromatic carboxylic acids is 1. The zero-order chi connectivity index (χ0) is 17.3. The lowest BCUT2D eigenvalue weighted by Gasteiger charge is -2.05. The van der Waals surface area contributed by atoms with Crippen LogP contribution in [0.4, 0.5) is 4.39 Å². The minimum Gasteiger partial charge on any atom is -0.504 e. The van der Waals surface area contributed by atoms with Crippen LogP contribution in [0.2, 0.25) is 0 Å². The normalized spacial score (nSPS) is 10.6. The van der Waals surface area contributed by atoms with Crippen molar-refractivity contribution in [3.05, 3.63) is 60.0 Å². The van der Waals surface area contributed by atoms with Gasteiger partial charge in [0.05, 0.1) is 12.8 Å². The maximum Gasteiger partial charge on any atom is 0.339 e. The van der Waals surface area contributed by atoms with Gasteiger partial charge in [-0.15, -0.1) is 0 Å². The number of halogens is 1. The second-order valence-electron chi connectivity index (χ2n) is 5.01. The van der Waals surface area contributed by atoms with Gasteiger partial charge in [-0.3, -0.25) is 0 Å². The molecule has 1 heterocycles. The van der Waals surface area contributed by atoms with E-state index in [9.17, 15) is 19.4 Å². The lowest BCUT2D eigenvalue weighted by Crippen LogP contribution is -1.97. The summed E-state index contributed by atoms with van der Waals surface area (Å²) in [5, 5.41) is 23.3. The average Bonchev–Trinajstić information content (AvgIpc) is 3.01. The van der Waals surface area contributed by atoms with E-state index in [1.807, 2.05) is 0 Å². The van der Waals surface area contributed by atoms with E-state index in [1.165, 1.54) is 54.4 Å². The number of phenols is 1. The van der Waals surface area contributed by atoms with Crippen LogP contribution in [0.5, 0.6) is 11.5 Å². The van der Waals surface area contributed by atoms with Gasteiger partial charge in [0.25, 0.3) is 0 Å². The number of hydrogen-bond acceptors (Lipinski definition) is 4. The fraction of sp³-hybridized carbons (Fsp3) is 0.0588. The van der Waals surface area contributed by atoms with Gasteiger partial charge in [-0.2, -0.15) is 5.10 Å². The van der Waals surface area contributed by atoms with Gasteiger partial charge in [0.15, 0.2) is 11.5 Å². The molecule has 2 N–H and O–H groups in total. The molecule has 0 fully saturated rings. The van der Waals surface area contributed by atoms with Gasteiger partial charge in [0, 0.05) is 11.8 Å². The van der Waals surface area contributed by atoms with Crippen LogP contribution in [0.25, 0.3) is 16.9 Å². The van der Waals surface area contributed by atoms with Crippen LogP contribution in [-0.4, -0.2) is 33.1 Å². The Bertz CT molecular complexity index is 921. The first-order valence-electron chi connectivity index (χ1n) is 6.96. The molecule has 0 bridgehead atoms. The number of aromatic nitrogens is 2. The van der Waals surface area contributed by atoms with Crippen molar-refractivity contribution >= 4 is 5.97 Å². The molecule has 0 saturated carbocycles. The molecule has 122 valence electrons. The number of hydrogen-bond donors (Lipinski definition) is 2. The summed E-state index contributed by atoms with van der Waals surface area (Å²) in [7, 11) is 1.39. The van der Waals surface area contributed by atoms with Crippen LogP contribution < -0.4 is 4.74 Å². The number of carboxylic acid groups (broad SMARTS) is 1. The van der Waals surface area contributed by atoms with E-state index >= 15 is 0 Å². The summed E-state index contributed by atoms with van der Waals surface area (Å²) in [4.78, 5) is 11.5. The van der Waals surface area contributed by atoms with Crippen molar-refractivity contribution in [2.45, 2.75) is 0 Å². The van der Waals surface area contributed by atoms with Gasteiger partial charge in [0.2, 0.25) is 0 Å². The van der Waals surface area contributed by atoms with Crippen LogP contribution in [0.3, 0.4) is 0 Å². The third-order valence-electron chi connectivity index (χ3n) is 3.47. The lowest BCUT2D eigenvalue weighted by molar-refractivity contribution is 0.0697. The molecule has 1 aromatic heterocycles. The Kier molecular flexibility index (Phi) is 3.91. The summed E-state index contributed by atoms with van der Waals surface area (Å²) in [5.41, 5.74) is 0.990. The van der Waals surface area contributed by atoms with Crippen LogP contribution in [0.15, 0.2) is 48.7 Å². The molecule has 3 aromatic rings. The van der Waals surface area contributed by atoms with Gasteiger partial charge in [0.1, 0.15) is 17.1 Å². The van der Waals surface area contributed by atoms with Gasteiger partial charge >= 0.3 is 5.97 Å². The molecule has 24 heavy (non-hydrogen) atoms. The number of aromatic hydroxyl groups is 1. The number of carbonyl (C=O) groups is 1. The molecule has 0 saturated heterocycles. The fourth-order valence-corrected chi connectivity index (χ4v) is 2.32. The minimum atomic E-state index is -1.17. The predicted molar refractivity (Wildman–Crippen MR) is 84.1 cm³/mol. The number of rotatable bonds is 4. The molecule has 0 unspecified atom stereocenters. The van der Waals surface area contributed by atoms with E-state index in [0.29, 0.717) is 11.3 Å². The molecule has 3 rings (SSSR count). The Hall–Kier alpha value is -3.35. The number of methoxy groups -OCH3 is 1. The van der Waals surface area contributed by atoms with Crippen molar-refractivity contribution in [3.63, 3.8) is 0 Å². The third-order valence-corrected chi connectivity index (χ3v) is 3.47. The molecule has 0 aliphatic rings. The number of ether oxygens (including phenoxy) is 1. The van der Waals surface area contributed by atoms with E-state index in [0.717, 1.165) is 0 Å². The SMILES string of the molecule is COc1cc(-c2nn(-c3cccc(F)c3)cc2C(=O)O)ccc1O. The van der Waals surface area contributed by atoms with Crippen molar-refractivity contribution in [2.75, 3.05) is 7.11 Å². The quantitative estimate of drug-likeness (QED) is 0.769. The van der Waals surface area contributed by atoms with E-state index < -0.39 is 11.8 Å². The molecule has 0 aliphatic heterocycles. The standard InChI is InChI=1S/C17H13FN2O4/c1-24-15-7-10(5-6-14(15)21)16-13(17(22)23)9-20(19-16)12-4-2-3-11(18)8-12/h2-9,21H,1H3,(H,22,23). The summed E-state index contributed by atoms with van der Waals surface area (Å²) < 4.78 is 19.7. The first-order chi connectivity index (χ1) is 11.5. The van der Waals surface area contributed by atoms with Crippen molar-refractivity contribution in [1.82, 2.24) is 9.78 Å². The summed E-state index contributed by atoms with van der Waals surface area (Å²) in [6, 6.07) is 10.1. The zero-order valence-electron chi connectivity index (χ0n) is 12.6. The highest BCUT2D eigenvalue weighted by Gasteiger charge is 2.19. The molecule has 0 aliphatic carbocycles. The second-order valence-corrected chi connectivity index (χ2v) is 5.01. The average molecular weight is 328 g/mol. The van der Waals surface area contributed by atoms with Crippen LogP contribution >= 0.6 is 0 Å². The third kappa shape index (κ3) is 2.79. The molecular formula is C17H13FN2O4. The monoisotopic (exact) mass is 328 g/mol. The number of nitrogens with zero attached hydrogens (tertiary/aromatic N) is 2. The molecular weight excluding hydrogens is 315 g/mol.